The van der Waals surface area contributed by atoms with Gasteiger partial charge in [-0.25, -0.2) is 21.2 Å². The first-order valence-corrected chi connectivity index (χ1v) is 15.8. The zero-order valence-corrected chi connectivity index (χ0v) is 23.0. The number of hydrogen-bond donors (Lipinski definition) is 1. The number of nitrogens with one attached hydrogen (secondary N) is 1. The molecule has 0 fully saturated rings. The Hall–Kier alpha value is -3.09. The summed E-state index contributed by atoms with van der Waals surface area (Å²) in [6, 6.07) is 19.4. The van der Waals surface area contributed by atoms with Crippen molar-refractivity contribution in [3.63, 3.8) is 0 Å². The van der Waals surface area contributed by atoms with Crippen molar-refractivity contribution in [3.8, 4) is 11.1 Å². The third-order valence-electron chi connectivity index (χ3n) is 6.12. The quantitative estimate of drug-likeness (QED) is 0.334. The maximum absolute atomic E-state index is 16.1. The average molecular weight is 591 g/mol. The SMILES string of the molecule is CS(=O)(=O)c1c(-c2ccccc2)ccc(N2Cc3ccccc3C(NS(=O)(=O)c3ccc(Cl)s3)C2=O)c1F. The van der Waals surface area contributed by atoms with E-state index >= 15 is 4.39 Å². The Labute approximate surface area is 228 Å². The average Bonchev–Trinajstić information content (AvgIpc) is 3.33. The van der Waals surface area contributed by atoms with Crippen LogP contribution in [-0.4, -0.2) is 29.0 Å². The summed E-state index contributed by atoms with van der Waals surface area (Å²) < 4.78 is 70.3. The molecule has 0 aliphatic carbocycles. The Bertz CT molecular complexity index is 1770. The summed E-state index contributed by atoms with van der Waals surface area (Å²) in [7, 11) is -8.22. The second kappa shape index (κ2) is 9.90. The van der Waals surface area contributed by atoms with E-state index in [9.17, 15) is 21.6 Å². The molecule has 0 saturated heterocycles. The van der Waals surface area contributed by atoms with E-state index in [1.54, 1.807) is 54.6 Å². The molecule has 3 aromatic carbocycles. The predicted octanol–water partition coefficient (Wildman–Crippen LogP) is 5.18. The first-order chi connectivity index (χ1) is 18.0. The molecule has 1 atom stereocenters. The molecule has 1 aliphatic rings. The molecule has 1 unspecified atom stereocenters. The lowest BCUT2D eigenvalue weighted by Crippen LogP contribution is -2.46. The Morgan fingerprint density at radius 3 is 2.29 bits per heavy atom. The van der Waals surface area contributed by atoms with Gasteiger partial charge in [0.05, 0.1) is 16.6 Å². The summed E-state index contributed by atoms with van der Waals surface area (Å²) in [6.45, 7) is -0.0805. The number of rotatable bonds is 6. The molecule has 1 N–H and O–H groups in total. The number of fused-ring (bicyclic) bond motifs is 1. The van der Waals surface area contributed by atoms with Crippen molar-refractivity contribution < 1.29 is 26.0 Å². The van der Waals surface area contributed by atoms with Crippen molar-refractivity contribution >= 4 is 54.4 Å². The molecule has 2 heterocycles. The van der Waals surface area contributed by atoms with Crippen LogP contribution in [0.5, 0.6) is 0 Å². The van der Waals surface area contributed by atoms with E-state index in [4.69, 9.17) is 11.6 Å². The van der Waals surface area contributed by atoms with Crippen LogP contribution in [0.15, 0.2) is 88.0 Å². The van der Waals surface area contributed by atoms with Crippen LogP contribution in [0.2, 0.25) is 4.34 Å². The van der Waals surface area contributed by atoms with E-state index in [1.165, 1.54) is 24.3 Å². The Kier molecular flexibility index (Phi) is 6.91. The zero-order chi connectivity index (χ0) is 27.2. The molecule has 1 aliphatic heterocycles. The van der Waals surface area contributed by atoms with E-state index < -0.39 is 42.5 Å². The molecular weight excluding hydrogens is 571 g/mol. The minimum Gasteiger partial charge on any atom is -0.303 e. The van der Waals surface area contributed by atoms with E-state index in [1.807, 2.05) is 0 Å². The van der Waals surface area contributed by atoms with Gasteiger partial charge in [-0.1, -0.05) is 72.3 Å². The summed E-state index contributed by atoms with van der Waals surface area (Å²) in [5.41, 5.74) is 1.38. The summed E-state index contributed by atoms with van der Waals surface area (Å²) >= 11 is 6.74. The zero-order valence-electron chi connectivity index (χ0n) is 19.8. The van der Waals surface area contributed by atoms with E-state index in [0.717, 1.165) is 22.5 Å². The topological polar surface area (TPSA) is 101 Å². The van der Waals surface area contributed by atoms with Gasteiger partial charge in [-0.2, -0.15) is 4.72 Å². The second-order valence-electron chi connectivity index (χ2n) is 8.65. The molecule has 0 spiro atoms. The Balaban J connectivity index is 1.63. The molecule has 38 heavy (non-hydrogen) atoms. The van der Waals surface area contributed by atoms with Crippen LogP contribution in [0, 0.1) is 5.82 Å². The van der Waals surface area contributed by atoms with Crippen LogP contribution in [-0.2, 0) is 31.2 Å². The summed E-state index contributed by atoms with van der Waals surface area (Å²) in [5.74, 6) is -1.84. The van der Waals surface area contributed by atoms with Crippen molar-refractivity contribution in [2.75, 3.05) is 11.2 Å². The highest BCUT2D eigenvalue weighted by atomic mass is 35.5. The number of thiophene rings is 1. The number of carbonyl (C=O) groups excluding carboxylic acids is 1. The monoisotopic (exact) mass is 590 g/mol. The third kappa shape index (κ3) is 4.87. The van der Waals surface area contributed by atoms with Gasteiger partial charge in [-0.15, -0.1) is 11.3 Å². The maximum Gasteiger partial charge on any atom is 0.251 e. The van der Waals surface area contributed by atoms with Crippen LogP contribution in [0.3, 0.4) is 0 Å². The number of halogens is 2. The van der Waals surface area contributed by atoms with Crippen LogP contribution in [0.25, 0.3) is 11.1 Å². The lowest BCUT2D eigenvalue weighted by Gasteiger charge is -2.34. The predicted molar refractivity (Wildman–Crippen MR) is 145 cm³/mol. The van der Waals surface area contributed by atoms with E-state index in [0.29, 0.717) is 16.7 Å². The lowest BCUT2D eigenvalue weighted by molar-refractivity contribution is -0.121. The van der Waals surface area contributed by atoms with Gasteiger partial charge in [0.15, 0.2) is 15.7 Å². The first kappa shape index (κ1) is 26.5. The highest BCUT2D eigenvalue weighted by Crippen LogP contribution is 2.39. The van der Waals surface area contributed by atoms with Gasteiger partial charge in [-0.3, -0.25) is 4.79 Å². The number of nitrogens with zero attached hydrogens (tertiary/aromatic N) is 1. The molecule has 12 heteroatoms. The Morgan fingerprint density at radius 1 is 0.947 bits per heavy atom. The van der Waals surface area contributed by atoms with Crippen LogP contribution in [0.4, 0.5) is 10.1 Å². The van der Waals surface area contributed by atoms with Crippen molar-refractivity contribution in [1.82, 2.24) is 4.72 Å². The van der Waals surface area contributed by atoms with Crippen molar-refractivity contribution in [1.29, 1.82) is 0 Å². The van der Waals surface area contributed by atoms with Gasteiger partial charge in [0.2, 0.25) is 5.91 Å². The van der Waals surface area contributed by atoms with Gasteiger partial charge < -0.3 is 4.90 Å². The molecule has 1 aromatic heterocycles. The molecule has 196 valence electrons. The molecular formula is C26H20ClFN2O5S3. The minimum atomic E-state index is -4.16. The number of sulfone groups is 1. The fourth-order valence-electron chi connectivity index (χ4n) is 4.43. The summed E-state index contributed by atoms with van der Waals surface area (Å²) in [6.07, 6.45) is 0.901. The smallest absolute Gasteiger partial charge is 0.251 e. The van der Waals surface area contributed by atoms with Crippen molar-refractivity contribution in [2.45, 2.75) is 21.7 Å². The standard InChI is InChI=1S/C26H20ClFN2O5S3/c1-37(32,33)25-19(16-7-3-2-4-8-16)11-12-20(23(25)28)30-15-17-9-5-6-10-18(17)24(26(30)31)29-38(34,35)22-14-13-21(27)36-22/h2-14,24,29H,15H2,1H3. The highest BCUT2D eigenvalue weighted by molar-refractivity contribution is 7.91. The molecule has 0 saturated carbocycles. The number of amides is 1. The van der Waals surface area contributed by atoms with Gasteiger partial charge in [0.25, 0.3) is 10.0 Å². The van der Waals surface area contributed by atoms with Crippen LogP contribution < -0.4 is 9.62 Å². The van der Waals surface area contributed by atoms with Gasteiger partial charge >= 0.3 is 0 Å². The van der Waals surface area contributed by atoms with E-state index in [-0.39, 0.29) is 26.3 Å². The minimum absolute atomic E-state index is 0.0805. The van der Waals surface area contributed by atoms with Crippen LogP contribution >= 0.6 is 22.9 Å². The first-order valence-electron chi connectivity index (χ1n) is 11.2. The fraction of sp³-hybridized carbons (Fsp3) is 0.115. The molecule has 5 rings (SSSR count). The van der Waals surface area contributed by atoms with Crippen molar-refractivity contribution in [3.05, 3.63) is 100 Å². The number of sulfonamides is 1. The largest absolute Gasteiger partial charge is 0.303 e. The number of hydrogen-bond acceptors (Lipinski definition) is 6. The lowest BCUT2D eigenvalue weighted by atomic mass is 9.94. The molecule has 4 aromatic rings. The number of benzene rings is 3. The second-order valence-corrected chi connectivity index (χ2v) is 14.3. The van der Waals surface area contributed by atoms with Crippen LogP contribution in [0.1, 0.15) is 17.2 Å². The maximum atomic E-state index is 16.1. The third-order valence-corrected chi connectivity index (χ3v) is 10.4. The van der Waals surface area contributed by atoms with Gasteiger partial charge in [0, 0.05) is 11.8 Å². The summed E-state index contributed by atoms with van der Waals surface area (Å²) in [5, 5.41) is 0. The Morgan fingerprint density at radius 2 is 1.63 bits per heavy atom. The molecule has 1 amide bonds. The highest BCUT2D eigenvalue weighted by Gasteiger charge is 2.39. The number of carbonyl (C=O) groups is 1. The fourth-order valence-corrected chi connectivity index (χ4v) is 8.12. The summed E-state index contributed by atoms with van der Waals surface area (Å²) in [4.78, 5) is 14.3. The number of anilines is 1. The normalized spacial score (nSPS) is 15.9. The molecule has 7 nitrogen and oxygen atoms in total. The molecule has 0 bridgehead atoms. The van der Waals surface area contributed by atoms with Gasteiger partial charge in [0.1, 0.15) is 15.1 Å². The van der Waals surface area contributed by atoms with Crippen molar-refractivity contribution in [2.24, 2.45) is 0 Å². The van der Waals surface area contributed by atoms with E-state index in [2.05, 4.69) is 4.72 Å². The molecule has 0 radical (unpaired) electrons. The van der Waals surface area contributed by atoms with Gasteiger partial charge in [-0.05, 0) is 34.9 Å².